The van der Waals surface area contributed by atoms with Crippen LogP contribution in [-0.4, -0.2) is 36.4 Å². The molecule has 1 saturated heterocycles. The van der Waals surface area contributed by atoms with Crippen LogP contribution in [0.1, 0.15) is 27.2 Å². The van der Waals surface area contributed by atoms with Crippen LogP contribution in [0.5, 0.6) is 0 Å². The number of hydrogen-bond donors (Lipinski definition) is 0. The second-order valence-corrected chi connectivity index (χ2v) is 7.31. The highest BCUT2D eigenvalue weighted by Gasteiger charge is 2.28. The summed E-state index contributed by atoms with van der Waals surface area (Å²) in [7, 11) is 0. The first-order chi connectivity index (χ1) is 9.87. The Kier molecular flexibility index (Phi) is 5.43. The summed E-state index contributed by atoms with van der Waals surface area (Å²) in [4.78, 5) is 18.3. The van der Waals surface area contributed by atoms with Crippen molar-refractivity contribution < 1.29 is 14.3 Å². The molecule has 0 aliphatic carbocycles. The van der Waals surface area contributed by atoms with Crippen molar-refractivity contribution in [1.82, 2.24) is 4.98 Å². The number of carbonyl (C=O) groups is 1. The first kappa shape index (κ1) is 16.5. The zero-order valence-electron chi connectivity index (χ0n) is 12.6. The maximum atomic E-state index is 12.5. The van der Waals surface area contributed by atoms with Crippen LogP contribution in [-0.2, 0) is 9.47 Å². The summed E-state index contributed by atoms with van der Waals surface area (Å²) in [5, 5.41) is 0. The summed E-state index contributed by atoms with van der Waals surface area (Å²) in [6.45, 7) is 7.66. The predicted octanol–water partition coefficient (Wildman–Crippen LogP) is 3.46. The van der Waals surface area contributed by atoms with Crippen LogP contribution in [0.25, 0.3) is 0 Å². The Morgan fingerprint density at radius 1 is 1.57 bits per heavy atom. The lowest BCUT2D eigenvalue weighted by Gasteiger charge is -2.29. The number of amides is 1. The molecule has 1 aliphatic heterocycles. The van der Waals surface area contributed by atoms with Gasteiger partial charge in [-0.1, -0.05) is 0 Å². The standard InChI is InChI=1S/C15H21IN2O3/c1-15(2,3)21-14(19)18(9-11-5-7-20-10-11)13-8-17-6-4-12(13)16/h4,6,8,11H,5,7,9-10H2,1-3H3/t11-/m0/s1. The Balaban J connectivity index is 2.21. The Hall–Kier alpha value is -0.890. The van der Waals surface area contributed by atoms with Crippen LogP contribution in [0.15, 0.2) is 18.5 Å². The van der Waals surface area contributed by atoms with E-state index in [2.05, 4.69) is 27.6 Å². The molecule has 2 rings (SSSR count). The van der Waals surface area contributed by atoms with E-state index in [-0.39, 0.29) is 6.09 Å². The molecule has 6 heteroatoms. The molecule has 5 nitrogen and oxygen atoms in total. The Morgan fingerprint density at radius 2 is 2.33 bits per heavy atom. The minimum Gasteiger partial charge on any atom is -0.443 e. The first-order valence-corrected chi connectivity index (χ1v) is 8.12. The van der Waals surface area contributed by atoms with Crippen molar-refractivity contribution >= 4 is 34.4 Å². The minimum atomic E-state index is -0.519. The van der Waals surface area contributed by atoms with Gasteiger partial charge in [-0.05, 0) is 55.8 Å². The van der Waals surface area contributed by atoms with Gasteiger partial charge in [0, 0.05) is 28.8 Å². The van der Waals surface area contributed by atoms with Gasteiger partial charge in [0.05, 0.1) is 18.5 Å². The molecule has 1 aromatic rings. The van der Waals surface area contributed by atoms with Crippen LogP contribution in [0, 0.1) is 9.49 Å². The SMILES string of the molecule is CC(C)(C)OC(=O)N(C[C@@H]1CCOC1)c1cnccc1I. The van der Waals surface area contributed by atoms with Gasteiger partial charge < -0.3 is 9.47 Å². The van der Waals surface area contributed by atoms with E-state index in [1.165, 1.54) is 0 Å². The maximum Gasteiger partial charge on any atom is 0.414 e. The summed E-state index contributed by atoms with van der Waals surface area (Å²) in [5.41, 5.74) is 0.272. The molecule has 1 atom stereocenters. The molecule has 1 aliphatic rings. The summed E-state index contributed by atoms with van der Waals surface area (Å²) in [6.07, 6.45) is 4.06. The molecular formula is C15H21IN2O3. The van der Waals surface area contributed by atoms with Crippen molar-refractivity contribution in [1.29, 1.82) is 0 Å². The number of aromatic nitrogens is 1. The second-order valence-electron chi connectivity index (χ2n) is 6.15. The highest BCUT2D eigenvalue weighted by atomic mass is 127. The van der Waals surface area contributed by atoms with Crippen molar-refractivity contribution in [2.75, 3.05) is 24.7 Å². The van der Waals surface area contributed by atoms with Crippen LogP contribution in [0.2, 0.25) is 0 Å². The summed E-state index contributed by atoms with van der Waals surface area (Å²) in [6, 6.07) is 1.89. The van der Waals surface area contributed by atoms with Crippen LogP contribution >= 0.6 is 22.6 Å². The van der Waals surface area contributed by atoms with Crippen molar-refractivity contribution in [3.8, 4) is 0 Å². The number of halogens is 1. The molecule has 116 valence electrons. The summed E-state index contributed by atoms with van der Waals surface area (Å²) >= 11 is 2.21. The van der Waals surface area contributed by atoms with Gasteiger partial charge in [0.25, 0.3) is 0 Å². The maximum absolute atomic E-state index is 12.5. The lowest BCUT2D eigenvalue weighted by molar-refractivity contribution is 0.0573. The molecule has 0 bridgehead atoms. The van der Waals surface area contributed by atoms with Crippen LogP contribution in [0.3, 0.4) is 0 Å². The molecule has 0 radical (unpaired) electrons. The van der Waals surface area contributed by atoms with E-state index in [4.69, 9.17) is 9.47 Å². The van der Waals surface area contributed by atoms with E-state index in [1.807, 2.05) is 26.8 Å². The predicted molar refractivity (Wildman–Crippen MR) is 89.5 cm³/mol. The molecule has 21 heavy (non-hydrogen) atoms. The van der Waals surface area contributed by atoms with E-state index in [0.29, 0.717) is 19.1 Å². The van der Waals surface area contributed by atoms with E-state index in [0.717, 1.165) is 22.3 Å². The zero-order valence-corrected chi connectivity index (χ0v) is 14.8. The fraction of sp³-hybridized carbons (Fsp3) is 0.600. The molecule has 1 aromatic heterocycles. The number of hydrogen-bond acceptors (Lipinski definition) is 4. The fourth-order valence-electron chi connectivity index (χ4n) is 2.14. The number of nitrogens with zero attached hydrogens (tertiary/aromatic N) is 2. The van der Waals surface area contributed by atoms with Gasteiger partial charge in [-0.2, -0.15) is 0 Å². The summed E-state index contributed by atoms with van der Waals surface area (Å²) < 4.78 is 11.9. The van der Waals surface area contributed by atoms with E-state index in [1.54, 1.807) is 17.3 Å². The average Bonchev–Trinajstić information content (AvgIpc) is 2.88. The van der Waals surface area contributed by atoms with Crippen LogP contribution in [0.4, 0.5) is 10.5 Å². The molecule has 0 unspecified atom stereocenters. The van der Waals surface area contributed by atoms with Gasteiger partial charge in [0.15, 0.2) is 0 Å². The molecule has 1 amide bonds. The summed E-state index contributed by atoms with van der Waals surface area (Å²) in [5.74, 6) is 0.341. The fourth-order valence-corrected chi connectivity index (χ4v) is 2.73. The van der Waals surface area contributed by atoms with Crippen molar-refractivity contribution in [2.45, 2.75) is 32.8 Å². The highest BCUT2D eigenvalue weighted by molar-refractivity contribution is 14.1. The topological polar surface area (TPSA) is 51.7 Å². The highest BCUT2D eigenvalue weighted by Crippen LogP contribution is 2.26. The largest absolute Gasteiger partial charge is 0.443 e. The van der Waals surface area contributed by atoms with Gasteiger partial charge in [-0.25, -0.2) is 4.79 Å². The minimum absolute atomic E-state index is 0.333. The molecule has 0 N–H and O–H groups in total. The second kappa shape index (κ2) is 6.91. The van der Waals surface area contributed by atoms with E-state index >= 15 is 0 Å². The third-order valence-electron chi connectivity index (χ3n) is 3.12. The van der Waals surface area contributed by atoms with Crippen molar-refractivity contribution in [3.63, 3.8) is 0 Å². The lowest BCUT2D eigenvalue weighted by atomic mass is 10.1. The smallest absolute Gasteiger partial charge is 0.414 e. The molecule has 0 spiro atoms. The van der Waals surface area contributed by atoms with E-state index in [9.17, 15) is 4.79 Å². The van der Waals surface area contributed by atoms with Gasteiger partial charge in [-0.3, -0.25) is 9.88 Å². The Bertz CT molecular complexity index is 496. The third kappa shape index (κ3) is 4.81. The van der Waals surface area contributed by atoms with Gasteiger partial charge in [0.1, 0.15) is 5.60 Å². The molecule has 2 heterocycles. The van der Waals surface area contributed by atoms with Gasteiger partial charge in [0.2, 0.25) is 0 Å². The lowest BCUT2D eigenvalue weighted by Crippen LogP contribution is -2.40. The van der Waals surface area contributed by atoms with Crippen LogP contribution < -0.4 is 4.90 Å². The van der Waals surface area contributed by atoms with Gasteiger partial charge in [-0.15, -0.1) is 0 Å². The quantitative estimate of drug-likeness (QED) is 0.725. The molecule has 1 fully saturated rings. The van der Waals surface area contributed by atoms with E-state index < -0.39 is 5.60 Å². The van der Waals surface area contributed by atoms with Gasteiger partial charge >= 0.3 is 6.09 Å². The molecule has 0 saturated carbocycles. The number of ether oxygens (including phenoxy) is 2. The average molecular weight is 404 g/mol. The zero-order chi connectivity index (χ0) is 15.5. The molecule has 0 aromatic carbocycles. The number of pyridine rings is 1. The number of anilines is 1. The Morgan fingerprint density at radius 3 is 2.90 bits per heavy atom. The van der Waals surface area contributed by atoms with Crippen molar-refractivity contribution in [2.24, 2.45) is 5.92 Å². The Labute approximate surface area is 139 Å². The number of rotatable bonds is 3. The first-order valence-electron chi connectivity index (χ1n) is 7.04. The molecular weight excluding hydrogens is 383 g/mol. The third-order valence-corrected chi connectivity index (χ3v) is 4.03. The van der Waals surface area contributed by atoms with Crippen molar-refractivity contribution in [3.05, 3.63) is 22.0 Å². The monoisotopic (exact) mass is 404 g/mol. The normalized spacial score (nSPS) is 18.6. The number of carbonyl (C=O) groups excluding carboxylic acids is 1.